The summed E-state index contributed by atoms with van der Waals surface area (Å²) in [5.74, 6) is 1.94. The van der Waals surface area contributed by atoms with Crippen LogP contribution >= 0.6 is 0 Å². The van der Waals surface area contributed by atoms with Gasteiger partial charge in [-0.15, -0.1) is 0 Å². The van der Waals surface area contributed by atoms with Crippen LogP contribution < -0.4 is 5.32 Å². The summed E-state index contributed by atoms with van der Waals surface area (Å²) < 4.78 is 2.20. The van der Waals surface area contributed by atoms with Gasteiger partial charge in [0, 0.05) is 25.0 Å². The van der Waals surface area contributed by atoms with Crippen LogP contribution in [0.1, 0.15) is 33.1 Å². The molecule has 0 radical (unpaired) electrons. The van der Waals surface area contributed by atoms with Gasteiger partial charge in [-0.05, 0) is 25.2 Å². The lowest BCUT2D eigenvalue weighted by molar-refractivity contribution is 0.307. The van der Waals surface area contributed by atoms with Gasteiger partial charge in [0.05, 0.1) is 0 Å². The number of hydrogen-bond acceptors (Lipinski definition) is 2. The lowest BCUT2D eigenvalue weighted by Gasteiger charge is -2.33. The normalized spacial score (nSPS) is 25.9. The molecule has 14 heavy (non-hydrogen) atoms. The number of nitrogens with one attached hydrogen (secondary N) is 1. The third-order valence-electron chi connectivity index (χ3n) is 2.89. The van der Waals surface area contributed by atoms with Crippen molar-refractivity contribution in [3.05, 3.63) is 12.4 Å². The minimum atomic E-state index is 0.656. The molecular weight excluding hydrogens is 174 g/mol. The molecule has 2 rings (SSSR count). The van der Waals surface area contributed by atoms with Gasteiger partial charge >= 0.3 is 0 Å². The summed E-state index contributed by atoms with van der Waals surface area (Å²) in [5, 5.41) is 3.49. The van der Waals surface area contributed by atoms with E-state index in [0.717, 1.165) is 24.8 Å². The zero-order valence-electron chi connectivity index (χ0n) is 9.03. The van der Waals surface area contributed by atoms with E-state index in [4.69, 9.17) is 0 Å². The van der Waals surface area contributed by atoms with Crippen LogP contribution in [0.2, 0.25) is 0 Å². The van der Waals surface area contributed by atoms with Crippen molar-refractivity contribution in [2.24, 2.45) is 5.92 Å². The summed E-state index contributed by atoms with van der Waals surface area (Å²) in [4.78, 5) is 4.33. The van der Waals surface area contributed by atoms with E-state index in [1.54, 1.807) is 0 Å². The monoisotopic (exact) mass is 193 g/mol. The Morgan fingerprint density at radius 1 is 1.57 bits per heavy atom. The highest BCUT2D eigenvalue weighted by molar-refractivity contribution is 5.28. The second-order valence-corrected chi connectivity index (χ2v) is 4.36. The number of imidazole rings is 1. The van der Waals surface area contributed by atoms with Crippen molar-refractivity contribution in [1.82, 2.24) is 9.55 Å². The van der Waals surface area contributed by atoms with Gasteiger partial charge in [-0.3, -0.25) is 0 Å². The third kappa shape index (κ3) is 1.91. The van der Waals surface area contributed by atoms with Crippen molar-refractivity contribution < 1.29 is 0 Å². The lowest BCUT2D eigenvalue weighted by Crippen LogP contribution is -2.34. The van der Waals surface area contributed by atoms with Gasteiger partial charge in [-0.1, -0.05) is 13.8 Å². The van der Waals surface area contributed by atoms with Crippen LogP contribution in [0.4, 0.5) is 5.95 Å². The first-order valence-corrected chi connectivity index (χ1v) is 5.57. The molecule has 0 saturated heterocycles. The van der Waals surface area contributed by atoms with Crippen LogP contribution in [-0.4, -0.2) is 15.6 Å². The molecule has 0 bridgehead atoms. The second kappa shape index (κ2) is 4.03. The van der Waals surface area contributed by atoms with Gasteiger partial charge < -0.3 is 9.88 Å². The average molecular weight is 193 g/mol. The van der Waals surface area contributed by atoms with E-state index in [2.05, 4.69) is 28.7 Å². The molecule has 1 aliphatic rings. The zero-order valence-corrected chi connectivity index (χ0v) is 9.03. The van der Waals surface area contributed by atoms with Gasteiger partial charge in [0.1, 0.15) is 0 Å². The van der Waals surface area contributed by atoms with E-state index in [0.29, 0.717) is 6.04 Å². The van der Waals surface area contributed by atoms with Gasteiger partial charge in [0.2, 0.25) is 5.95 Å². The summed E-state index contributed by atoms with van der Waals surface area (Å²) in [6.45, 7) is 5.55. The molecule has 1 fully saturated rings. The van der Waals surface area contributed by atoms with Crippen molar-refractivity contribution in [3.63, 3.8) is 0 Å². The number of aromatic nitrogens is 2. The van der Waals surface area contributed by atoms with Crippen LogP contribution in [0.3, 0.4) is 0 Å². The Kier molecular flexibility index (Phi) is 2.75. The summed E-state index contributed by atoms with van der Waals surface area (Å²) >= 11 is 0. The Balaban J connectivity index is 1.91. The number of rotatable bonds is 4. The van der Waals surface area contributed by atoms with Crippen LogP contribution in [0.25, 0.3) is 0 Å². The van der Waals surface area contributed by atoms with Crippen LogP contribution in [0.5, 0.6) is 0 Å². The molecule has 3 nitrogen and oxygen atoms in total. The summed E-state index contributed by atoms with van der Waals surface area (Å²) in [6.07, 6.45) is 7.66. The molecule has 1 heterocycles. The average Bonchev–Trinajstić information content (AvgIpc) is 2.51. The smallest absolute Gasteiger partial charge is 0.202 e. The predicted molar refractivity (Wildman–Crippen MR) is 58.3 cm³/mol. The first kappa shape index (κ1) is 9.56. The lowest BCUT2D eigenvalue weighted by atomic mass is 9.82. The molecule has 0 unspecified atom stereocenters. The fourth-order valence-electron chi connectivity index (χ4n) is 2.07. The highest BCUT2D eigenvalue weighted by Crippen LogP contribution is 2.28. The van der Waals surface area contributed by atoms with Gasteiger partial charge in [0.25, 0.3) is 0 Å². The van der Waals surface area contributed by atoms with Crippen molar-refractivity contribution in [3.8, 4) is 0 Å². The van der Waals surface area contributed by atoms with Crippen LogP contribution in [0.15, 0.2) is 12.4 Å². The molecule has 0 atom stereocenters. The molecule has 0 aliphatic heterocycles. The van der Waals surface area contributed by atoms with E-state index >= 15 is 0 Å². The summed E-state index contributed by atoms with van der Waals surface area (Å²) in [7, 11) is 0. The first-order chi connectivity index (χ1) is 6.79. The predicted octanol–water partition coefficient (Wildman–Crippen LogP) is 2.50. The maximum Gasteiger partial charge on any atom is 0.202 e. The molecule has 1 aromatic heterocycles. The minimum absolute atomic E-state index is 0.656. The minimum Gasteiger partial charge on any atom is -0.353 e. The van der Waals surface area contributed by atoms with E-state index in [-0.39, 0.29) is 0 Å². The molecular formula is C11H19N3. The second-order valence-electron chi connectivity index (χ2n) is 4.36. The fraction of sp³-hybridized carbons (Fsp3) is 0.727. The molecule has 78 valence electrons. The Bertz CT molecular complexity index is 286. The number of nitrogens with zero attached hydrogens (tertiary/aromatic N) is 2. The molecule has 0 aromatic carbocycles. The number of hydrogen-bond donors (Lipinski definition) is 1. The fourth-order valence-corrected chi connectivity index (χ4v) is 2.07. The zero-order chi connectivity index (χ0) is 9.97. The molecule has 3 heteroatoms. The Labute approximate surface area is 85.5 Å². The largest absolute Gasteiger partial charge is 0.353 e. The molecule has 0 spiro atoms. The van der Waals surface area contributed by atoms with Gasteiger partial charge in [0.15, 0.2) is 0 Å². The van der Waals surface area contributed by atoms with Crippen molar-refractivity contribution in [1.29, 1.82) is 0 Å². The molecule has 1 aliphatic carbocycles. The maximum absolute atomic E-state index is 4.33. The van der Waals surface area contributed by atoms with Gasteiger partial charge in [-0.25, -0.2) is 4.98 Å². The van der Waals surface area contributed by atoms with E-state index in [1.807, 2.05) is 12.4 Å². The van der Waals surface area contributed by atoms with E-state index < -0.39 is 0 Å². The van der Waals surface area contributed by atoms with Gasteiger partial charge in [-0.2, -0.15) is 0 Å². The quantitative estimate of drug-likeness (QED) is 0.796. The number of anilines is 1. The van der Waals surface area contributed by atoms with E-state index in [9.17, 15) is 0 Å². The van der Waals surface area contributed by atoms with Crippen LogP contribution in [0, 0.1) is 5.92 Å². The SMILES string of the molecule is CCCn1ccnc1NC1CC(C)C1. The molecule has 1 aromatic rings. The highest BCUT2D eigenvalue weighted by atomic mass is 15.2. The maximum atomic E-state index is 4.33. The summed E-state index contributed by atoms with van der Waals surface area (Å²) in [6, 6.07) is 0.656. The molecule has 1 N–H and O–H groups in total. The van der Waals surface area contributed by atoms with Crippen molar-refractivity contribution in [2.45, 2.75) is 45.7 Å². The highest BCUT2D eigenvalue weighted by Gasteiger charge is 2.25. The Hall–Kier alpha value is -0.990. The van der Waals surface area contributed by atoms with Crippen molar-refractivity contribution >= 4 is 5.95 Å². The van der Waals surface area contributed by atoms with E-state index in [1.165, 1.54) is 12.8 Å². The standard InChI is InChI=1S/C11H19N3/c1-3-5-14-6-4-12-11(14)13-10-7-9(2)8-10/h4,6,9-10H,3,5,7-8H2,1-2H3,(H,12,13). The molecule has 1 saturated carbocycles. The van der Waals surface area contributed by atoms with Crippen molar-refractivity contribution in [2.75, 3.05) is 5.32 Å². The topological polar surface area (TPSA) is 29.9 Å². The number of aryl methyl sites for hydroxylation is 1. The van der Waals surface area contributed by atoms with Crippen LogP contribution in [-0.2, 0) is 6.54 Å². The first-order valence-electron chi connectivity index (χ1n) is 5.57. The Morgan fingerprint density at radius 2 is 2.36 bits per heavy atom. The third-order valence-corrected chi connectivity index (χ3v) is 2.89. The summed E-state index contributed by atoms with van der Waals surface area (Å²) in [5.41, 5.74) is 0. The Morgan fingerprint density at radius 3 is 3.00 bits per heavy atom. The molecule has 0 amide bonds.